The first-order valence-electron chi connectivity index (χ1n) is 5.77. The fourth-order valence-corrected chi connectivity index (χ4v) is 2.09. The van der Waals surface area contributed by atoms with Gasteiger partial charge in [-0.3, -0.25) is 4.79 Å². The molecule has 1 heterocycles. The molecule has 0 saturated carbocycles. The van der Waals surface area contributed by atoms with Gasteiger partial charge in [-0.05, 0) is 12.1 Å². The van der Waals surface area contributed by atoms with Crippen LogP contribution >= 0.6 is 11.3 Å². The van der Waals surface area contributed by atoms with Crippen LogP contribution in [0.25, 0.3) is 0 Å². The van der Waals surface area contributed by atoms with Gasteiger partial charge >= 0.3 is 5.97 Å². The number of para-hydroxylation sites is 1. The standard InChI is InChI=1S/C13H12N2O4S/c16-11(7-19-9-4-2-1-3-5-9)14-6-12-15-10(8-20-12)13(17)18/h1-5,8H,6-7H2,(H,14,16)(H,17,18). The minimum absolute atomic E-state index is 0.0141. The first kappa shape index (κ1) is 14.0. The van der Waals surface area contributed by atoms with Gasteiger partial charge in [0, 0.05) is 5.38 Å². The number of ether oxygens (including phenoxy) is 1. The zero-order chi connectivity index (χ0) is 14.4. The Bertz CT molecular complexity index is 597. The molecule has 0 spiro atoms. The van der Waals surface area contributed by atoms with E-state index in [1.54, 1.807) is 12.1 Å². The van der Waals surface area contributed by atoms with Crippen molar-refractivity contribution in [2.75, 3.05) is 6.61 Å². The zero-order valence-electron chi connectivity index (χ0n) is 10.4. The molecule has 0 radical (unpaired) electrons. The molecule has 2 aromatic rings. The fourth-order valence-electron chi connectivity index (χ4n) is 1.38. The van der Waals surface area contributed by atoms with Crippen LogP contribution in [0.5, 0.6) is 5.75 Å². The zero-order valence-corrected chi connectivity index (χ0v) is 11.2. The van der Waals surface area contributed by atoms with Gasteiger partial charge in [-0.1, -0.05) is 18.2 Å². The molecule has 0 fully saturated rings. The van der Waals surface area contributed by atoms with E-state index in [1.165, 1.54) is 16.7 Å². The van der Waals surface area contributed by atoms with Crippen LogP contribution in [-0.2, 0) is 11.3 Å². The molecule has 2 N–H and O–H groups in total. The van der Waals surface area contributed by atoms with Crippen molar-refractivity contribution < 1.29 is 19.4 Å². The second kappa shape index (κ2) is 6.67. The van der Waals surface area contributed by atoms with E-state index in [-0.39, 0.29) is 24.8 Å². The van der Waals surface area contributed by atoms with Gasteiger partial charge < -0.3 is 15.2 Å². The van der Waals surface area contributed by atoms with Crippen molar-refractivity contribution in [3.63, 3.8) is 0 Å². The highest BCUT2D eigenvalue weighted by molar-refractivity contribution is 7.09. The predicted molar refractivity (Wildman–Crippen MR) is 72.9 cm³/mol. The van der Waals surface area contributed by atoms with Gasteiger partial charge in [-0.25, -0.2) is 9.78 Å². The van der Waals surface area contributed by atoms with Crippen LogP contribution in [0.3, 0.4) is 0 Å². The third kappa shape index (κ3) is 4.06. The Morgan fingerprint density at radius 1 is 1.30 bits per heavy atom. The lowest BCUT2D eigenvalue weighted by molar-refractivity contribution is -0.123. The van der Waals surface area contributed by atoms with Gasteiger partial charge in [0.25, 0.3) is 5.91 Å². The number of hydrogen-bond donors (Lipinski definition) is 2. The fraction of sp³-hybridized carbons (Fsp3) is 0.154. The number of nitrogens with zero attached hydrogens (tertiary/aromatic N) is 1. The summed E-state index contributed by atoms with van der Waals surface area (Å²) in [6.45, 7) is 0.0934. The monoisotopic (exact) mass is 292 g/mol. The molecule has 20 heavy (non-hydrogen) atoms. The number of carbonyl (C=O) groups is 2. The lowest BCUT2D eigenvalue weighted by atomic mass is 10.3. The van der Waals surface area contributed by atoms with Crippen LogP contribution in [0.15, 0.2) is 35.7 Å². The second-order valence-corrected chi connectivity index (χ2v) is 4.75. The van der Waals surface area contributed by atoms with E-state index in [4.69, 9.17) is 9.84 Å². The third-order valence-electron chi connectivity index (χ3n) is 2.32. The molecule has 0 atom stereocenters. The Kier molecular flexibility index (Phi) is 4.67. The molecular weight excluding hydrogens is 280 g/mol. The molecule has 7 heteroatoms. The molecule has 1 amide bonds. The molecule has 0 bridgehead atoms. The maximum absolute atomic E-state index is 11.6. The molecule has 6 nitrogen and oxygen atoms in total. The highest BCUT2D eigenvalue weighted by Gasteiger charge is 2.09. The average Bonchev–Trinajstić information content (AvgIpc) is 2.93. The maximum Gasteiger partial charge on any atom is 0.355 e. The molecule has 0 aliphatic heterocycles. The van der Waals surface area contributed by atoms with Gasteiger partial charge in [0.15, 0.2) is 12.3 Å². The van der Waals surface area contributed by atoms with Crippen molar-refractivity contribution >= 4 is 23.2 Å². The largest absolute Gasteiger partial charge is 0.484 e. The van der Waals surface area contributed by atoms with Crippen LogP contribution in [0, 0.1) is 0 Å². The molecule has 2 rings (SSSR count). The molecule has 104 valence electrons. The highest BCUT2D eigenvalue weighted by atomic mass is 32.1. The van der Waals surface area contributed by atoms with Crippen molar-refractivity contribution in [3.05, 3.63) is 46.4 Å². The van der Waals surface area contributed by atoms with E-state index in [0.29, 0.717) is 10.8 Å². The molecule has 0 aliphatic carbocycles. The normalized spacial score (nSPS) is 10.0. The number of carboxylic acids is 1. The average molecular weight is 292 g/mol. The SMILES string of the molecule is O=C(COc1ccccc1)NCc1nc(C(=O)O)cs1. The number of benzene rings is 1. The summed E-state index contributed by atoms with van der Waals surface area (Å²) in [5.41, 5.74) is -0.0141. The number of aromatic nitrogens is 1. The number of carboxylic acid groups (broad SMARTS) is 1. The van der Waals surface area contributed by atoms with E-state index < -0.39 is 5.97 Å². The van der Waals surface area contributed by atoms with Crippen LogP contribution < -0.4 is 10.1 Å². The van der Waals surface area contributed by atoms with Gasteiger partial charge in [-0.15, -0.1) is 11.3 Å². The summed E-state index contributed by atoms with van der Waals surface area (Å²) < 4.78 is 5.28. The number of thiazole rings is 1. The summed E-state index contributed by atoms with van der Waals surface area (Å²) in [5.74, 6) is -0.753. The summed E-state index contributed by atoms with van der Waals surface area (Å²) in [7, 11) is 0. The second-order valence-electron chi connectivity index (χ2n) is 3.81. The lowest BCUT2D eigenvalue weighted by Gasteiger charge is -2.05. The number of carbonyl (C=O) groups excluding carboxylic acids is 1. The van der Waals surface area contributed by atoms with Crippen LogP contribution in [0.4, 0.5) is 0 Å². The van der Waals surface area contributed by atoms with Gasteiger partial charge in [-0.2, -0.15) is 0 Å². The van der Waals surface area contributed by atoms with E-state index in [1.807, 2.05) is 18.2 Å². The molecule has 0 unspecified atom stereocenters. The summed E-state index contributed by atoms with van der Waals surface area (Å²) in [5, 5.41) is 13.3. The minimum Gasteiger partial charge on any atom is -0.484 e. The Hall–Kier alpha value is -2.41. The van der Waals surface area contributed by atoms with Gasteiger partial charge in [0.05, 0.1) is 6.54 Å². The number of rotatable bonds is 6. The number of nitrogens with one attached hydrogen (secondary N) is 1. The van der Waals surface area contributed by atoms with Crippen molar-refractivity contribution in [1.82, 2.24) is 10.3 Å². The van der Waals surface area contributed by atoms with Crippen LogP contribution in [-0.4, -0.2) is 28.6 Å². The van der Waals surface area contributed by atoms with E-state index in [9.17, 15) is 9.59 Å². The Morgan fingerprint density at radius 3 is 2.70 bits per heavy atom. The van der Waals surface area contributed by atoms with E-state index >= 15 is 0 Å². The first-order valence-corrected chi connectivity index (χ1v) is 6.65. The van der Waals surface area contributed by atoms with Gasteiger partial charge in [0.2, 0.25) is 0 Å². The Balaban J connectivity index is 1.76. The smallest absolute Gasteiger partial charge is 0.355 e. The summed E-state index contributed by atoms with van der Waals surface area (Å²) in [6.07, 6.45) is 0. The number of amides is 1. The molecular formula is C13H12N2O4S. The molecule has 0 aliphatic rings. The minimum atomic E-state index is -1.08. The Labute approximate surface area is 119 Å². The summed E-state index contributed by atoms with van der Waals surface area (Å²) >= 11 is 1.19. The quantitative estimate of drug-likeness (QED) is 0.843. The van der Waals surface area contributed by atoms with Crippen molar-refractivity contribution in [1.29, 1.82) is 0 Å². The molecule has 1 aromatic carbocycles. The molecule has 1 aromatic heterocycles. The summed E-state index contributed by atoms with van der Waals surface area (Å²) in [4.78, 5) is 26.1. The Morgan fingerprint density at radius 2 is 2.05 bits per heavy atom. The number of aromatic carboxylic acids is 1. The van der Waals surface area contributed by atoms with Gasteiger partial charge in [0.1, 0.15) is 10.8 Å². The summed E-state index contributed by atoms with van der Waals surface area (Å²) in [6, 6.07) is 9.00. The highest BCUT2D eigenvalue weighted by Crippen LogP contribution is 2.10. The van der Waals surface area contributed by atoms with Crippen LogP contribution in [0.2, 0.25) is 0 Å². The molecule has 0 saturated heterocycles. The van der Waals surface area contributed by atoms with E-state index in [2.05, 4.69) is 10.3 Å². The third-order valence-corrected chi connectivity index (χ3v) is 3.17. The first-order chi connectivity index (χ1) is 9.65. The van der Waals surface area contributed by atoms with E-state index in [0.717, 1.165) is 0 Å². The number of hydrogen-bond acceptors (Lipinski definition) is 5. The van der Waals surface area contributed by atoms with Crippen LogP contribution in [0.1, 0.15) is 15.5 Å². The van der Waals surface area contributed by atoms with Crippen molar-refractivity contribution in [2.24, 2.45) is 0 Å². The predicted octanol–water partition coefficient (Wildman–Crippen LogP) is 1.54. The lowest BCUT2D eigenvalue weighted by Crippen LogP contribution is -2.28. The van der Waals surface area contributed by atoms with Crippen molar-refractivity contribution in [3.8, 4) is 5.75 Å². The topological polar surface area (TPSA) is 88.5 Å². The maximum atomic E-state index is 11.6. The van der Waals surface area contributed by atoms with Crippen molar-refractivity contribution in [2.45, 2.75) is 6.54 Å².